The third kappa shape index (κ3) is 6.05. The number of quaternary nitrogens is 1. The molecule has 0 aliphatic heterocycles. The molecule has 3 aromatic rings. The van der Waals surface area contributed by atoms with Gasteiger partial charge in [0.05, 0.1) is 56.6 Å². The minimum absolute atomic E-state index is 0.0407. The Morgan fingerprint density at radius 1 is 1.11 bits per heavy atom. The second-order valence-corrected chi connectivity index (χ2v) is 11.8. The molecule has 1 aliphatic carbocycles. The number of hydrogen-bond acceptors (Lipinski definition) is 7. The molecule has 1 heterocycles. The van der Waals surface area contributed by atoms with Crippen LogP contribution in [-0.2, 0) is 28.9 Å². The zero-order valence-electron chi connectivity index (χ0n) is 21.5. The van der Waals surface area contributed by atoms with Gasteiger partial charge in [-0.3, -0.25) is 4.79 Å². The average molecular weight is 511 g/mol. The molecule has 2 aromatic carbocycles. The topological polar surface area (TPSA) is 88.6 Å². The Balaban J connectivity index is 1.45. The van der Waals surface area contributed by atoms with E-state index in [1.807, 2.05) is 36.4 Å². The van der Waals surface area contributed by atoms with Gasteiger partial charge < -0.3 is 23.9 Å². The van der Waals surface area contributed by atoms with Crippen molar-refractivity contribution in [2.24, 2.45) is 5.41 Å². The van der Waals surface area contributed by atoms with Crippen LogP contribution in [0.2, 0.25) is 0 Å². The molecule has 1 aromatic heterocycles. The molecule has 0 saturated carbocycles. The van der Waals surface area contributed by atoms with Crippen molar-refractivity contribution in [3.63, 3.8) is 0 Å². The molecule has 0 atom stereocenters. The van der Waals surface area contributed by atoms with E-state index in [9.17, 15) is 14.7 Å². The van der Waals surface area contributed by atoms with Gasteiger partial charge in [0.2, 0.25) is 0 Å². The molecule has 0 fully saturated rings. The Hall–Kier alpha value is -2.97. The van der Waals surface area contributed by atoms with Crippen LogP contribution in [0.4, 0.5) is 0 Å². The van der Waals surface area contributed by atoms with Crippen molar-refractivity contribution in [2.75, 3.05) is 41.4 Å². The lowest BCUT2D eigenvalue weighted by Crippen LogP contribution is -2.39. The summed E-state index contributed by atoms with van der Waals surface area (Å²) in [6, 6.07) is 11.6. The van der Waals surface area contributed by atoms with Gasteiger partial charge in [0.25, 0.3) is 0 Å². The van der Waals surface area contributed by atoms with E-state index in [0.29, 0.717) is 37.4 Å². The molecule has 192 valence electrons. The third-order valence-corrected chi connectivity index (χ3v) is 7.84. The predicted octanol–water partition coefficient (Wildman–Crippen LogP) is 3.21. The van der Waals surface area contributed by atoms with Crippen LogP contribution in [0.25, 0.3) is 10.2 Å². The number of nitrogens with zero attached hydrogens (tertiary/aromatic N) is 2. The highest BCUT2D eigenvalue weighted by atomic mass is 32.1. The number of hydrogen-bond donors (Lipinski definition) is 0. The zero-order valence-corrected chi connectivity index (χ0v) is 22.3. The maximum atomic E-state index is 13.4. The molecule has 36 heavy (non-hydrogen) atoms. The predicted molar refractivity (Wildman–Crippen MR) is 138 cm³/mol. The minimum atomic E-state index is -1.18. The van der Waals surface area contributed by atoms with Gasteiger partial charge in [-0.05, 0) is 24.0 Å². The van der Waals surface area contributed by atoms with E-state index < -0.39 is 11.4 Å². The molecule has 0 N–H and O–H groups in total. The summed E-state index contributed by atoms with van der Waals surface area (Å²) in [5, 5.41) is 12.4. The van der Waals surface area contributed by atoms with Crippen LogP contribution in [0, 0.1) is 5.41 Å². The fourth-order valence-electron chi connectivity index (χ4n) is 4.96. The maximum Gasteiger partial charge on any atom is 0.163 e. The summed E-state index contributed by atoms with van der Waals surface area (Å²) in [6.07, 6.45) is 2.26. The first-order valence-electron chi connectivity index (χ1n) is 12.3. The van der Waals surface area contributed by atoms with Crippen LogP contribution in [0.15, 0.2) is 36.4 Å². The first-order valence-corrected chi connectivity index (χ1v) is 13.1. The molecule has 0 unspecified atom stereocenters. The van der Waals surface area contributed by atoms with Gasteiger partial charge in [-0.25, -0.2) is 4.98 Å². The van der Waals surface area contributed by atoms with Gasteiger partial charge in [-0.1, -0.05) is 24.3 Å². The Morgan fingerprint density at radius 2 is 1.81 bits per heavy atom. The average Bonchev–Trinajstić information content (AvgIpc) is 3.39. The van der Waals surface area contributed by atoms with Gasteiger partial charge in [-0.2, -0.15) is 0 Å². The Kier molecular flexibility index (Phi) is 7.66. The number of aryl methyl sites for hydroxylation is 1. The van der Waals surface area contributed by atoms with Crippen LogP contribution in [0.1, 0.15) is 35.4 Å². The van der Waals surface area contributed by atoms with E-state index in [4.69, 9.17) is 14.5 Å². The van der Waals surface area contributed by atoms with Crippen LogP contribution in [0.5, 0.6) is 11.5 Å². The number of aliphatic carboxylic acids is 1. The molecule has 0 bridgehead atoms. The zero-order chi connectivity index (χ0) is 25.9. The minimum Gasteiger partial charge on any atom is -0.550 e. The smallest absolute Gasteiger partial charge is 0.163 e. The highest BCUT2D eigenvalue weighted by Crippen LogP contribution is 2.42. The third-order valence-electron chi connectivity index (χ3n) is 6.77. The van der Waals surface area contributed by atoms with Crippen molar-refractivity contribution in [1.29, 1.82) is 0 Å². The number of carbonyl (C=O) groups is 2. The fraction of sp³-hybridized carbons (Fsp3) is 0.464. The Labute approximate surface area is 216 Å². The lowest BCUT2D eigenvalue weighted by molar-refractivity contribution is -0.870. The van der Waals surface area contributed by atoms with Gasteiger partial charge in [0.1, 0.15) is 5.78 Å². The van der Waals surface area contributed by atoms with E-state index in [2.05, 4.69) is 21.1 Å². The number of carboxylic acids is 1. The van der Waals surface area contributed by atoms with Gasteiger partial charge in [0.15, 0.2) is 11.5 Å². The number of ketones is 1. The lowest BCUT2D eigenvalue weighted by Gasteiger charge is -2.28. The van der Waals surface area contributed by atoms with Gasteiger partial charge >= 0.3 is 0 Å². The van der Waals surface area contributed by atoms with Crippen molar-refractivity contribution in [3.05, 3.63) is 52.5 Å². The molecule has 0 amide bonds. The number of carbonyl (C=O) groups excluding carboxylic acids is 2. The number of thiazole rings is 1. The number of methoxy groups -OCH3 is 1. The normalized spacial score (nSPS) is 14.6. The van der Waals surface area contributed by atoms with Gasteiger partial charge in [0, 0.05) is 49.2 Å². The number of Topliss-reactive ketones (excluding diaryl/α,β-unsaturated/α-hetero) is 1. The van der Waals surface area contributed by atoms with Crippen LogP contribution < -0.4 is 14.6 Å². The molecule has 8 heteroatoms. The van der Waals surface area contributed by atoms with E-state index in [-0.39, 0.29) is 18.6 Å². The summed E-state index contributed by atoms with van der Waals surface area (Å²) in [4.78, 5) is 29.7. The van der Waals surface area contributed by atoms with E-state index in [1.165, 1.54) is 11.3 Å². The number of carboxylic acid groups (broad SMARTS) is 1. The molecular formula is C28H34N2O5S. The summed E-state index contributed by atoms with van der Waals surface area (Å²) in [5.74, 6) is 0.102. The number of aromatic nitrogens is 1. The van der Waals surface area contributed by atoms with Crippen LogP contribution in [0.3, 0.4) is 0 Å². The van der Waals surface area contributed by atoms with Crippen molar-refractivity contribution < 1.29 is 28.7 Å². The van der Waals surface area contributed by atoms with E-state index >= 15 is 0 Å². The molecule has 0 spiro atoms. The Bertz CT molecular complexity index is 1240. The molecule has 4 rings (SSSR count). The largest absolute Gasteiger partial charge is 0.550 e. The highest BCUT2D eigenvalue weighted by Gasteiger charge is 2.42. The fourth-order valence-corrected chi connectivity index (χ4v) is 5.94. The number of fused-ring (bicyclic) bond motifs is 2. The summed E-state index contributed by atoms with van der Waals surface area (Å²) in [6.45, 7) is 1.59. The molecule has 7 nitrogen and oxygen atoms in total. The summed E-state index contributed by atoms with van der Waals surface area (Å²) in [7, 11) is 8.08. The number of rotatable bonds is 12. The quantitative estimate of drug-likeness (QED) is 0.275. The first kappa shape index (κ1) is 26.1. The van der Waals surface area contributed by atoms with Crippen LogP contribution in [-0.4, -0.2) is 62.6 Å². The van der Waals surface area contributed by atoms with Crippen molar-refractivity contribution in [2.45, 2.75) is 38.5 Å². The van der Waals surface area contributed by atoms with E-state index in [0.717, 1.165) is 43.8 Å². The Morgan fingerprint density at radius 3 is 2.42 bits per heavy atom. The number of benzene rings is 2. The summed E-state index contributed by atoms with van der Waals surface area (Å²) >= 11 is 1.52. The molecular weight excluding hydrogens is 476 g/mol. The van der Waals surface area contributed by atoms with Crippen molar-refractivity contribution in [1.82, 2.24) is 4.98 Å². The lowest BCUT2D eigenvalue weighted by atomic mass is 9.76. The maximum absolute atomic E-state index is 13.4. The second-order valence-electron chi connectivity index (χ2n) is 10.7. The molecule has 0 radical (unpaired) electrons. The summed E-state index contributed by atoms with van der Waals surface area (Å²) in [5.41, 5.74) is 1.97. The molecule has 0 saturated heterocycles. The SMILES string of the molecule is COc1cc2sc(CCC(=O)C3(CC(=O)[O-])Cc4ccccc4C3)nc2cc1OCCC[N+](C)(C)C. The van der Waals surface area contributed by atoms with Crippen molar-refractivity contribution >= 4 is 33.3 Å². The van der Waals surface area contributed by atoms with E-state index in [1.54, 1.807) is 7.11 Å². The standard InChI is InChI=1S/C28H34N2O5S/c1-30(2,3)12-7-13-35-23-14-21-24(15-22(23)34-4)36-26(29-21)11-10-25(31)28(18-27(32)33)16-19-8-5-6-9-20(19)17-28/h5-6,8-9,14-15H,7,10-13,16-18H2,1-4H3. The second kappa shape index (κ2) is 10.6. The van der Waals surface area contributed by atoms with Crippen molar-refractivity contribution in [3.8, 4) is 11.5 Å². The summed E-state index contributed by atoms with van der Waals surface area (Å²) < 4.78 is 13.4. The first-order chi connectivity index (χ1) is 17.1. The van der Waals surface area contributed by atoms with Crippen LogP contribution >= 0.6 is 11.3 Å². The molecule has 1 aliphatic rings. The monoisotopic (exact) mass is 510 g/mol. The van der Waals surface area contributed by atoms with Gasteiger partial charge in [-0.15, -0.1) is 11.3 Å². The number of ether oxygens (including phenoxy) is 2. The highest BCUT2D eigenvalue weighted by molar-refractivity contribution is 7.18.